The van der Waals surface area contributed by atoms with Gasteiger partial charge >= 0.3 is 57.5 Å². The maximum absolute atomic E-state index is 15.4. The fraction of sp³-hybridized carbons (Fsp3) is 0.644. The number of fused-ring (bicyclic) bond motifs is 2. The van der Waals surface area contributed by atoms with Crippen LogP contribution >= 0.6 is 47.0 Å². The van der Waals surface area contributed by atoms with E-state index in [1.54, 1.807) is 13.8 Å². The highest BCUT2D eigenvalue weighted by Crippen LogP contribution is 2.60. The van der Waals surface area contributed by atoms with Gasteiger partial charge in [0.05, 0.1) is 111 Å². The number of phosphoric ester groups is 1. The molecule has 14 N–H and O–H groups in total. The summed E-state index contributed by atoms with van der Waals surface area (Å²) in [6.07, 6.45) is -23.6. The van der Waals surface area contributed by atoms with Crippen LogP contribution in [0.15, 0.2) is 83.7 Å². The number of methoxy groups -OCH3 is 4. The number of aromatic nitrogens is 16. The molecule has 0 saturated carbocycles. The van der Waals surface area contributed by atoms with Crippen molar-refractivity contribution in [1.82, 2.24) is 77.2 Å². The fourth-order valence-corrected chi connectivity index (χ4v) is 22.8. The van der Waals surface area contributed by atoms with Crippen LogP contribution in [0.25, 0.3) is 22.3 Å². The molecule has 6 aliphatic rings. The summed E-state index contributed by atoms with van der Waals surface area (Å²) in [4.78, 5) is 177. The molecule has 6 saturated heterocycles. The number of imidazole rings is 2. The number of aliphatic hydroxyl groups excluding tert-OH is 1. The molecule has 0 amide bonds. The lowest BCUT2D eigenvalue weighted by molar-refractivity contribution is -0.0839. The molecule has 14 rings (SSSR count). The highest BCUT2D eigenvalue weighted by Gasteiger charge is 2.57. The number of nitrogen functional groups attached to an aromatic ring is 3. The highest BCUT2D eigenvalue weighted by molar-refractivity contribution is 8.44. The highest BCUT2D eigenvalue weighted by atomic mass is 32.7. The Kier molecular flexibility index (Phi) is 35.8. The summed E-state index contributed by atoms with van der Waals surface area (Å²) >= 11 is 21.4. The maximum Gasteiger partial charge on any atom is 0.472 e. The Labute approximate surface area is 806 Å². The first-order valence-electron chi connectivity index (χ1n) is 42.5. The Bertz CT molecular complexity index is 6380. The third-order valence-electron chi connectivity index (χ3n) is 22.7. The topological polar surface area (TPSA) is 722 Å². The van der Waals surface area contributed by atoms with Crippen LogP contribution in [0.3, 0.4) is 0 Å². The first-order valence-corrected chi connectivity index (χ1v) is 54.5. The van der Waals surface area contributed by atoms with Gasteiger partial charge in [-0.2, -0.15) is 4.98 Å². The second kappa shape index (κ2) is 46.2. The number of aryl methyl sites for hydroxylation is 4. The smallest absolute Gasteiger partial charge is 0.387 e. The predicted molar refractivity (Wildman–Crippen MR) is 491 cm³/mol. The molecule has 57 nitrogen and oxygen atoms in total. The molecule has 6 fully saturated rings. The van der Waals surface area contributed by atoms with Gasteiger partial charge in [-0.3, -0.25) is 83.9 Å². The maximum atomic E-state index is 15.4. The number of nitrogens with two attached hydrogens (primary N) is 3. The van der Waals surface area contributed by atoms with E-state index in [-0.39, 0.29) is 122 Å². The Morgan fingerprint density at radius 3 is 1.25 bits per heavy atom. The van der Waals surface area contributed by atoms with E-state index < -0.39 is 249 Å². The number of hydrogen-bond acceptors (Lipinski definition) is 47. The molecule has 14 heterocycles. The van der Waals surface area contributed by atoms with Gasteiger partial charge in [-0.15, -0.1) is 0 Å². The van der Waals surface area contributed by atoms with E-state index in [0.29, 0.717) is 5.56 Å². The largest absolute Gasteiger partial charge is 0.472 e. The summed E-state index contributed by atoms with van der Waals surface area (Å²) < 4.78 is 183. The summed E-state index contributed by atoms with van der Waals surface area (Å²) in [5.41, 5.74) is 13.4. The van der Waals surface area contributed by atoms with Crippen molar-refractivity contribution < 1.29 is 145 Å². The quantitative estimate of drug-likeness (QED) is 0.0129. The number of nitrogens with zero attached hydrogens (tertiary/aromatic N) is 13. The predicted octanol–water partition coefficient (Wildman–Crippen LogP) is -0.586. The summed E-state index contributed by atoms with van der Waals surface area (Å²) in [6, 6.07) is 0. The zero-order chi connectivity index (χ0) is 100. The fourth-order valence-electron chi connectivity index (χ4n) is 16.0. The molecule has 0 aliphatic carbocycles. The molecule has 0 bridgehead atoms. The normalized spacial score (nSPS) is 29.4. The SMILES string of the molecule is CC[C@H]1O[C@@H](n2cc(C)c(=O)[nH]c2=O)CC1OP(O)(=S)OC[C@H]1O[C@@H](n2cc(C)c(=O)[nH]c2=O)CC1OP(=O)(S)OC[C@H]1O[C@@H](n2cnc3c(N)ncnc32)[C@@H](OCCOC)C1OP(=O)(O)OC[C@H]1O[C@@H](n2cc(C)c(=O)[nH]c2=O)[C@@H](OCCOC)C1OP(O)(=S)OC[C@H]1O[C@@H](n2cnc3c(N)ncnc32)[C@@H](OCCOC)C1OP(O)(=S)OC[C@H]1O[C@@H](n2cc(C)c(N)nc2=O)[C@@H](OCCOC)C1O. The van der Waals surface area contributed by atoms with E-state index in [4.69, 9.17) is 164 Å². The van der Waals surface area contributed by atoms with E-state index in [0.717, 1.165) is 37.1 Å². The molecule has 139 heavy (non-hydrogen) atoms. The van der Waals surface area contributed by atoms with Crippen LogP contribution in [0.2, 0.25) is 0 Å². The number of thiol groups is 1. The standard InChI is InChI=1S/C73H104N19O38P5S4/c1-10-38-39(19-46(120-38)87-22-35(3)63(94)84-71(87)98)126-132(103,136)116-25-41-40(20-47(121-41)88-23-36(4)64(95)85-72(88)99)127-133(104,137)118-28-44-51(55(112-16-12-108-7)68(124-44)91-32-81-48-59(75)77-30-79-61(48)91)128-131(101,102)115-27-43-52(56(113-17-13-109-8)67(123-43)90-24-37(5)65(96)86-73(90)100)129-135(106,139)119-29-45-53(57(114-18-14-110-9)69(125-45)92-33-82-49-60(76)78-31-80-62(49)92)130-134(105,138)117-26-42-50(93)54(111-15-11-107-6)66(122-42)89-21-34(2)58(74)83-70(89)97/h21-24,30-33,38-47,50-57,66-69,93H,10-20,25-29H2,1-9H3,(H,101,102)(H,103,136)(H,104,137)(H,105,138)(H,106,139)(H2,74,83,97)(H2,75,77,79)(H2,76,78,80)(H,84,94,98)(H,85,95,99)(H,86,96,100)/t38-,39?,40?,41-,42-,43-,44-,45-,46-,47-,50?,51?,52?,53?,54+,55+,56+,57+,66-,67-,68-,69-,132?,133?,134?,135?/m1/s1. The van der Waals surface area contributed by atoms with Crippen LogP contribution in [-0.2, 0) is 156 Å². The molecule has 6 aliphatic heterocycles. The minimum atomic E-state index is -5.83. The zero-order valence-electron chi connectivity index (χ0n) is 75.3. The lowest BCUT2D eigenvalue weighted by Gasteiger charge is -2.30. The van der Waals surface area contributed by atoms with Crippen molar-refractivity contribution in [3.8, 4) is 0 Å². The van der Waals surface area contributed by atoms with Crippen LogP contribution < -0.4 is 56.6 Å². The van der Waals surface area contributed by atoms with Crippen molar-refractivity contribution in [2.45, 2.75) is 189 Å². The van der Waals surface area contributed by atoms with E-state index >= 15 is 9.13 Å². The lowest BCUT2D eigenvalue weighted by atomic mass is 10.1. The van der Waals surface area contributed by atoms with Gasteiger partial charge in [0.15, 0.2) is 47.8 Å². The Morgan fingerprint density at radius 1 is 0.424 bits per heavy atom. The van der Waals surface area contributed by atoms with E-state index in [9.17, 15) is 58.2 Å². The number of ether oxygens (including phenoxy) is 14. The number of nitrogens with one attached hydrogen (secondary N) is 3. The van der Waals surface area contributed by atoms with Gasteiger partial charge in [-0.25, -0.2) is 58.2 Å². The second-order valence-electron chi connectivity index (χ2n) is 32.1. The molecular formula is C73H104N19O38P5S4. The third-order valence-corrected chi connectivity index (χ3v) is 30.1. The zero-order valence-corrected chi connectivity index (χ0v) is 83.1. The van der Waals surface area contributed by atoms with Gasteiger partial charge in [0.2, 0.25) is 0 Å². The molecule has 66 heteroatoms. The van der Waals surface area contributed by atoms with Crippen molar-refractivity contribution in [3.63, 3.8) is 0 Å². The molecular weight excluding hydrogens is 2030 g/mol. The first kappa shape index (κ1) is 108. The van der Waals surface area contributed by atoms with E-state index in [1.165, 1.54) is 89.6 Å². The van der Waals surface area contributed by atoms with Crippen molar-refractivity contribution in [2.75, 3.05) is 132 Å². The van der Waals surface area contributed by atoms with Crippen molar-refractivity contribution in [2.24, 2.45) is 0 Å². The summed E-state index contributed by atoms with van der Waals surface area (Å²) in [5, 5.41) is 11.8. The van der Waals surface area contributed by atoms with Gasteiger partial charge in [0.25, 0.3) is 16.7 Å². The second-order valence-corrected chi connectivity index (χ2v) is 44.8. The summed E-state index contributed by atoms with van der Waals surface area (Å²) in [6.45, 7) is -17.4. The molecule has 0 aromatic carbocycles. The average Bonchev–Trinajstić information content (AvgIpc) is 1.82. The van der Waals surface area contributed by atoms with E-state index in [1.807, 2.05) is 0 Å². The molecule has 27 atom stereocenters. The van der Waals surface area contributed by atoms with Crippen molar-refractivity contribution in [1.29, 1.82) is 0 Å². The van der Waals surface area contributed by atoms with E-state index in [2.05, 4.69) is 62.1 Å². The molecule has 0 radical (unpaired) electrons. The molecule has 0 spiro atoms. The van der Waals surface area contributed by atoms with Crippen LogP contribution in [0.5, 0.6) is 0 Å². The third kappa shape index (κ3) is 25.6. The Hall–Kier alpha value is -6.98. The van der Waals surface area contributed by atoms with Crippen LogP contribution in [0.4, 0.5) is 17.5 Å². The number of phosphoric acid groups is 1. The number of H-pyrrole nitrogens is 3. The Morgan fingerprint density at radius 2 is 0.791 bits per heavy atom. The van der Waals surface area contributed by atoms with Crippen molar-refractivity contribution >= 4 is 122 Å². The van der Waals surface area contributed by atoms with Gasteiger partial charge in [0, 0.05) is 88.3 Å². The number of hydrogen-bond donors (Lipinski definition) is 12. The number of aromatic amines is 3. The van der Waals surface area contributed by atoms with Gasteiger partial charge in [-0.1, -0.05) is 19.2 Å². The Balaban J connectivity index is 0.741. The van der Waals surface area contributed by atoms with Crippen LogP contribution in [-0.4, -0.2) is 314 Å². The summed E-state index contributed by atoms with van der Waals surface area (Å²) in [5.74, 6) is -0.226. The number of anilines is 3. The molecule has 11 unspecified atom stereocenters. The molecule has 8 aromatic heterocycles. The van der Waals surface area contributed by atoms with Crippen molar-refractivity contribution in [3.05, 3.63) is 145 Å². The molecule has 8 aromatic rings. The minimum absolute atomic E-state index is 0.0109. The number of rotatable bonds is 48. The lowest BCUT2D eigenvalue weighted by Crippen LogP contribution is -2.42. The van der Waals surface area contributed by atoms with Crippen LogP contribution in [0.1, 0.15) is 85.8 Å². The van der Waals surface area contributed by atoms with Gasteiger partial charge in [-0.05, 0) is 69.5 Å². The monoisotopic (exact) mass is 2140 g/mol. The number of aliphatic hydroxyl groups is 1. The van der Waals surface area contributed by atoms with Gasteiger partial charge < -0.3 is 126 Å². The first-order chi connectivity index (χ1) is 66.0. The minimum Gasteiger partial charge on any atom is -0.387 e. The van der Waals surface area contributed by atoms with Gasteiger partial charge in [0.1, 0.15) is 127 Å². The summed E-state index contributed by atoms with van der Waals surface area (Å²) in [7, 11) is -0.364. The van der Waals surface area contributed by atoms with Crippen LogP contribution in [0, 0.1) is 27.7 Å². The average molecular weight is 2140 g/mol. The molecule has 768 valence electrons.